The molecule has 0 amide bonds. The first-order valence-electron chi connectivity index (χ1n) is 8.46. The van der Waals surface area contributed by atoms with Gasteiger partial charge >= 0.3 is 0 Å². The van der Waals surface area contributed by atoms with Gasteiger partial charge in [-0.3, -0.25) is 9.59 Å². The van der Waals surface area contributed by atoms with Crippen molar-refractivity contribution in [2.75, 3.05) is 0 Å². The van der Waals surface area contributed by atoms with E-state index in [1.54, 1.807) is 48.5 Å². The summed E-state index contributed by atoms with van der Waals surface area (Å²) < 4.78 is 5.88. The quantitative estimate of drug-likeness (QED) is 0.648. The predicted octanol–water partition coefficient (Wildman–Crippen LogP) is 5.94. The Kier molecular flexibility index (Phi) is 5.17. The highest BCUT2D eigenvalue weighted by molar-refractivity contribution is 6.00. The lowest BCUT2D eigenvalue weighted by molar-refractivity contribution is 0.0852. The monoisotopic (exact) mass is 338 g/mol. The molecule has 0 radical (unpaired) electrons. The normalized spacial score (nSPS) is 11.9. The van der Waals surface area contributed by atoms with Gasteiger partial charge in [0.15, 0.2) is 11.6 Å². The van der Waals surface area contributed by atoms with Gasteiger partial charge in [0, 0.05) is 22.0 Å². The van der Waals surface area contributed by atoms with Gasteiger partial charge in [-0.2, -0.15) is 0 Å². The third-order valence-corrected chi connectivity index (χ3v) is 3.79. The zero-order valence-electron chi connectivity index (χ0n) is 15.8. The molecule has 0 fully saturated rings. The maximum Gasteiger partial charge on any atom is 0.168 e. The van der Waals surface area contributed by atoms with Crippen LogP contribution in [0, 0.1) is 10.8 Å². The smallest absolute Gasteiger partial charge is 0.168 e. The maximum atomic E-state index is 12.4. The minimum Gasteiger partial charge on any atom is -0.457 e. The number of hydrogen-bond donors (Lipinski definition) is 0. The second-order valence-corrected chi connectivity index (χ2v) is 8.32. The molecule has 0 aliphatic heterocycles. The van der Waals surface area contributed by atoms with Gasteiger partial charge in [-0.25, -0.2) is 0 Å². The van der Waals surface area contributed by atoms with Gasteiger partial charge in [0.2, 0.25) is 0 Å². The molecule has 2 rings (SSSR count). The average molecular weight is 338 g/mol. The van der Waals surface area contributed by atoms with E-state index in [2.05, 4.69) is 0 Å². The van der Waals surface area contributed by atoms with Crippen LogP contribution in [-0.2, 0) is 0 Å². The Morgan fingerprint density at radius 3 is 1.36 bits per heavy atom. The summed E-state index contributed by atoms with van der Waals surface area (Å²) in [6.07, 6.45) is 0. The number of hydrogen-bond acceptors (Lipinski definition) is 3. The molecular weight excluding hydrogens is 312 g/mol. The summed E-state index contributed by atoms with van der Waals surface area (Å²) in [4.78, 5) is 24.8. The Balaban J connectivity index is 2.27. The summed E-state index contributed by atoms with van der Waals surface area (Å²) in [5.74, 6) is 1.29. The predicted molar refractivity (Wildman–Crippen MR) is 101 cm³/mol. The highest BCUT2D eigenvalue weighted by atomic mass is 16.5. The van der Waals surface area contributed by atoms with E-state index in [-0.39, 0.29) is 11.6 Å². The molecule has 2 aromatic rings. The number of ether oxygens (including phenoxy) is 1. The number of Topliss-reactive ketones (excluding diaryl/α,β-unsaturated/α-hetero) is 2. The van der Waals surface area contributed by atoms with E-state index in [1.165, 1.54) is 0 Å². The molecule has 0 atom stereocenters. The first kappa shape index (κ1) is 18.9. The lowest BCUT2D eigenvalue weighted by atomic mass is 9.86. The minimum absolute atomic E-state index is 0.0645. The molecule has 0 spiro atoms. The molecule has 0 aromatic heterocycles. The van der Waals surface area contributed by atoms with Crippen molar-refractivity contribution in [2.45, 2.75) is 41.5 Å². The van der Waals surface area contributed by atoms with E-state index in [0.29, 0.717) is 22.6 Å². The van der Waals surface area contributed by atoms with E-state index in [0.717, 1.165) is 0 Å². The Bertz CT molecular complexity index is 722. The van der Waals surface area contributed by atoms with Crippen molar-refractivity contribution in [3.63, 3.8) is 0 Å². The van der Waals surface area contributed by atoms with Crippen LogP contribution in [-0.4, -0.2) is 11.6 Å². The van der Waals surface area contributed by atoms with Gasteiger partial charge in [-0.05, 0) is 24.3 Å². The van der Waals surface area contributed by atoms with Gasteiger partial charge in [-0.15, -0.1) is 0 Å². The van der Waals surface area contributed by atoms with Crippen LogP contribution in [0.5, 0.6) is 11.5 Å². The van der Waals surface area contributed by atoms with Crippen LogP contribution in [0.25, 0.3) is 0 Å². The molecule has 2 aromatic carbocycles. The third-order valence-electron chi connectivity index (χ3n) is 3.79. The van der Waals surface area contributed by atoms with Gasteiger partial charge in [0.25, 0.3) is 0 Å². The second-order valence-electron chi connectivity index (χ2n) is 8.32. The van der Waals surface area contributed by atoms with Crippen molar-refractivity contribution in [3.8, 4) is 11.5 Å². The van der Waals surface area contributed by atoms with E-state index >= 15 is 0 Å². The molecular formula is C22H26O3. The fourth-order valence-electron chi connectivity index (χ4n) is 2.40. The molecule has 0 N–H and O–H groups in total. The summed E-state index contributed by atoms with van der Waals surface area (Å²) in [6, 6.07) is 14.3. The first-order chi connectivity index (χ1) is 11.5. The van der Waals surface area contributed by atoms with Crippen molar-refractivity contribution in [3.05, 3.63) is 59.7 Å². The summed E-state index contributed by atoms with van der Waals surface area (Å²) in [5.41, 5.74) is 0.342. The first-order valence-corrected chi connectivity index (χ1v) is 8.46. The Hall–Kier alpha value is -2.42. The molecule has 0 aliphatic carbocycles. The minimum atomic E-state index is -0.447. The maximum absolute atomic E-state index is 12.4. The fraction of sp³-hybridized carbons (Fsp3) is 0.364. The molecule has 0 heterocycles. The SMILES string of the molecule is CC(C)(C)C(=O)c1cccc(Oc2cccc(C(=O)C(C)(C)C)c2)c1. The van der Waals surface area contributed by atoms with Gasteiger partial charge in [-0.1, -0.05) is 65.8 Å². The summed E-state index contributed by atoms with van der Waals surface area (Å²) in [7, 11) is 0. The molecule has 3 nitrogen and oxygen atoms in total. The van der Waals surface area contributed by atoms with Crippen molar-refractivity contribution in [2.24, 2.45) is 10.8 Å². The fourth-order valence-corrected chi connectivity index (χ4v) is 2.40. The van der Waals surface area contributed by atoms with Crippen molar-refractivity contribution < 1.29 is 14.3 Å². The van der Waals surface area contributed by atoms with Crippen LogP contribution < -0.4 is 4.74 Å². The van der Waals surface area contributed by atoms with Crippen molar-refractivity contribution in [1.82, 2.24) is 0 Å². The molecule has 0 saturated carbocycles. The Morgan fingerprint density at radius 1 is 0.680 bits per heavy atom. The van der Waals surface area contributed by atoms with Crippen molar-refractivity contribution >= 4 is 11.6 Å². The van der Waals surface area contributed by atoms with Gasteiger partial charge < -0.3 is 4.74 Å². The lowest BCUT2D eigenvalue weighted by Gasteiger charge is -2.18. The Morgan fingerprint density at radius 2 is 1.04 bits per heavy atom. The van der Waals surface area contributed by atoms with Crippen LogP contribution in [0.15, 0.2) is 48.5 Å². The number of ketones is 2. The third kappa shape index (κ3) is 4.79. The molecule has 0 saturated heterocycles. The van der Waals surface area contributed by atoms with E-state index in [4.69, 9.17) is 4.74 Å². The second kappa shape index (κ2) is 6.83. The van der Waals surface area contributed by atoms with Crippen LogP contribution in [0.3, 0.4) is 0 Å². The van der Waals surface area contributed by atoms with Crippen LogP contribution in [0.4, 0.5) is 0 Å². The van der Waals surface area contributed by atoms with E-state index in [1.807, 2.05) is 41.5 Å². The van der Waals surface area contributed by atoms with Crippen LogP contribution in [0.2, 0.25) is 0 Å². The molecule has 3 heteroatoms. The zero-order chi connectivity index (χ0) is 18.8. The highest BCUT2D eigenvalue weighted by Crippen LogP contribution is 2.28. The largest absolute Gasteiger partial charge is 0.457 e. The summed E-state index contributed by atoms with van der Waals surface area (Å²) >= 11 is 0. The van der Waals surface area contributed by atoms with Crippen LogP contribution in [0.1, 0.15) is 62.3 Å². The molecule has 0 bridgehead atoms. The van der Waals surface area contributed by atoms with E-state index < -0.39 is 10.8 Å². The average Bonchev–Trinajstić information content (AvgIpc) is 2.52. The van der Waals surface area contributed by atoms with E-state index in [9.17, 15) is 9.59 Å². The zero-order valence-corrected chi connectivity index (χ0v) is 15.8. The summed E-state index contributed by atoms with van der Waals surface area (Å²) in [5, 5.41) is 0. The van der Waals surface area contributed by atoms with Gasteiger partial charge in [0.05, 0.1) is 0 Å². The topological polar surface area (TPSA) is 43.4 Å². The number of carbonyl (C=O) groups excluding carboxylic acids is 2. The lowest BCUT2D eigenvalue weighted by Crippen LogP contribution is -2.20. The number of carbonyl (C=O) groups is 2. The molecule has 25 heavy (non-hydrogen) atoms. The number of benzene rings is 2. The number of rotatable bonds is 4. The van der Waals surface area contributed by atoms with Gasteiger partial charge in [0.1, 0.15) is 11.5 Å². The summed E-state index contributed by atoms with van der Waals surface area (Å²) in [6.45, 7) is 11.4. The molecule has 0 unspecified atom stereocenters. The van der Waals surface area contributed by atoms with Crippen LogP contribution >= 0.6 is 0 Å². The molecule has 0 aliphatic rings. The highest BCUT2D eigenvalue weighted by Gasteiger charge is 2.24. The van der Waals surface area contributed by atoms with Crippen molar-refractivity contribution in [1.29, 1.82) is 0 Å². The standard InChI is InChI=1S/C22H26O3/c1-21(2,3)19(23)15-9-7-11-17(13-15)25-18-12-8-10-16(14-18)20(24)22(4,5)6/h7-14H,1-6H3. The molecule has 132 valence electrons. The Labute approximate surface area is 150 Å².